The molecule has 8 heteroatoms. The van der Waals surface area contributed by atoms with Gasteiger partial charge in [0, 0.05) is 41.9 Å². The van der Waals surface area contributed by atoms with Gasteiger partial charge in [-0.1, -0.05) is 50.1 Å². The molecule has 0 unspecified atom stereocenters. The highest BCUT2D eigenvalue weighted by Crippen LogP contribution is 2.33. The minimum absolute atomic E-state index is 0.00410. The summed E-state index contributed by atoms with van der Waals surface area (Å²) in [6.45, 7) is 0. The number of aromatic amines is 1. The summed E-state index contributed by atoms with van der Waals surface area (Å²) in [6, 6.07) is 7.39. The van der Waals surface area contributed by atoms with Gasteiger partial charge in [-0.25, -0.2) is 19.0 Å². The molecule has 0 spiro atoms. The van der Waals surface area contributed by atoms with Gasteiger partial charge in [0.2, 0.25) is 0 Å². The Labute approximate surface area is 191 Å². The van der Waals surface area contributed by atoms with Crippen molar-refractivity contribution in [2.45, 2.75) is 76.0 Å². The molecule has 0 aliphatic heterocycles. The van der Waals surface area contributed by atoms with Gasteiger partial charge in [0.25, 0.3) is 5.56 Å². The first-order valence-electron chi connectivity index (χ1n) is 11.8. The molecule has 2 aliphatic rings. The van der Waals surface area contributed by atoms with Crippen LogP contribution in [0.1, 0.15) is 87.4 Å². The fourth-order valence-corrected chi connectivity index (χ4v) is 5.30. The second kappa shape index (κ2) is 9.45. The van der Waals surface area contributed by atoms with E-state index in [1.54, 1.807) is 23.0 Å². The summed E-state index contributed by atoms with van der Waals surface area (Å²) in [4.78, 5) is 21.0. The van der Waals surface area contributed by atoms with Crippen molar-refractivity contribution in [3.8, 4) is 0 Å². The molecule has 0 bridgehead atoms. The van der Waals surface area contributed by atoms with Crippen LogP contribution in [0, 0.1) is 0 Å². The summed E-state index contributed by atoms with van der Waals surface area (Å²) in [5.41, 5.74) is 3.69. The van der Waals surface area contributed by atoms with Crippen molar-refractivity contribution in [1.82, 2.24) is 29.2 Å². The first kappa shape index (κ1) is 21.2. The van der Waals surface area contributed by atoms with Gasteiger partial charge < -0.3 is 0 Å². The molecule has 4 aromatic heterocycles. The Kier molecular flexibility index (Phi) is 6.26. The largest absolute Gasteiger partial charge is 0.297 e. The predicted molar refractivity (Wildman–Crippen MR) is 125 cm³/mol. The number of fused-ring (bicyclic) bond motifs is 2. The third-order valence-corrected chi connectivity index (χ3v) is 7.05. The number of aromatic nitrogens is 6. The minimum atomic E-state index is -0.00410. The molecule has 0 saturated heterocycles. The van der Waals surface area contributed by atoms with Gasteiger partial charge in [0.1, 0.15) is 5.15 Å². The molecule has 6 rings (SSSR count). The first-order chi connectivity index (χ1) is 15.7. The lowest BCUT2D eigenvalue weighted by molar-refractivity contribution is 0.436. The fraction of sp³-hybridized carbons (Fsp3) is 0.500. The van der Waals surface area contributed by atoms with E-state index in [0.29, 0.717) is 17.0 Å². The molecule has 168 valence electrons. The van der Waals surface area contributed by atoms with E-state index in [1.807, 2.05) is 18.2 Å². The predicted octanol–water partition coefficient (Wildman–Crippen LogP) is 5.50. The maximum Gasteiger partial charge on any atom is 0.272 e. The number of hydrogen-bond acceptors (Lipinski definition) is 4. The van der Waals surface area contributed by atoms with Gasteiger partial charge >= 0.3 is 0 Å². The quantitative estimate of drug-likeness (QED) is 0.407. The first-order valence-corrected chi connectivity index (χ1v) is 12.1. The maximum absolute atomic E-state index is 11.8. The van der Waals surface area contributed by atoms with E-state index >= 15 is 0 Å². The summed E-state index contributed by atoms with van der Waals surface area (Å²) in [5.74, 6) is 1.08. The van der Waals surface area contributed by atoms with Crippen LogP contribution in [-0.2, 0) is 0 Å². The summed E-state index contributed by atoms with van der Waals surface area (Å²) in [7, 11) is 0. The number of H-pyrrole nitrogens is 1. The highest BCUT2D eigenvalue weighted by molar-refractivity contribution is 6.29. The highest BCUT2D eigenvalue weighted by Gasteiger charge is 2.19. The summed E-state index contributed by atoms with van der Waals surface area (Å²) < 4.78 is 3.15. The Hall–Kier alpha value is -2.67. The molecule has 7 nitrogen and oxygen atoms in total. The van der Waals surface area contributed by atoms with Gasteiger partial charge in [-0.05, 0) is 31.7 Å². The molecule has 0 radical (unpaired) electrons. The van der Waals surface area contributed by atoms with Gasteiger partial charge in [0.05, 0.1) is 11.9 Å². The van der Waals surface area contributed by atoms with Crippen LogP contribution >= 0.6 is 11.6 Å². The van der Waals surface area contributed by atoms with Gasteiger partial charge in [0.15, 0.2) is 11.3 Å². The molecule has 4 aromatic rings. The van der Waals surface area contributed by atoms with Crippen molar-refractivity contribution in [2.75, 3.05) is 0 Å². The van der Waals surface area contributed by atoms with Gasteiger partial charge in [-0.15, -0.1) is 0 Å². The van der Waals surface area contributed by atoms with Crippen LogP contribution in [0.5, 0.6) is 0 Å². The molecule has 0 amide bonds. The number of nitrogens with one attached hydrogen (secondary N) is 1. The van der Waals surface area contributed by atoms with Gasteiger partial charge in [-0.3, -0.25) is 9.89 Å². The van der Waals surface area contributed by atoms with Crippen LogP contribution in [0.15, 0.2) is 41.5 Å². The molecule has 0 aromatic carbocycles. The van der Waals surface area contributed by atoms with E-state index in [-0.39, 0.29) is 5.56 Å². The molecule has 1 N–H and O–H groups in total. The number of rotatable bonds is 2. The van der Waals surface area contributed by atoms with Crippen LogP contribution < -0.4 is 5.56 Å². The van der Waals surface area contributed by atoms with Crippen molar-refractivity contribution in [1.29, 1.82) is 0 Å². The molecule has 0 atom stereocenters. The summed E-state index contributed by atoms with van der Waals surface area (Å²) >= 11 is 6.18. The Balaban J connectivity index is 0.000000135. The molecule has 32 heavy (non-hydrogen) atoms. The van der Waals surface area contributed by atoms with E-state index in [9.17, 15) is 4.79 Å². The third-order valence-electron chi connectivity index (χ3n) is 6.78. The van der Waals surface area contributed by atoms with Crippen LogP contribution in [0.25, 0.3) is 11.3 Å². The second-order valence-corrected chi connectivity index (χ2v) is 9.34. The van der Waals surface area contributed by atoms with E-state index in [1.165, 1.54) is 68.7 Å². The molecule has 4 heterocycles. The molecule has 2 saturated carbocycles. The average molecular weight is 453 g/mol. The number of hydrogen-bond donors (Lipinski definition) is 1. The van der Waals surface area contributed by atoms with Gasteiger partial charge in [-0.2, -0.15) is 5.10 Å². The zero-order chi connectivity index (χ0) is 21.9. The van der Waals surface area contributed by atoms with Crippen molar-refractivity contribution in [2.24, 2.45) is 0 Å². The number of halogens is 1. The van der Waals surface area contributed by atoms with Crippen molar-refractivity contribution in [3.63, 3.8) is 0 Å². The normalized spacial score (nSPS) is 18.0. The highest BCUT2D eigenvalue weighted by atomic mass is 35.5. The second-order valence-electron chi connectivity index (χ2n) is 8.95. The van der Waals surface area contributed by atoms with Crippen molar-refractivity contribution in [3.05, 3.63) is 63.6 Å². The summed E-state index contributed by atoms with van der Waals surface area (Å²) in [6.07, 6.45) is 16.1. The van der Waals surface area contributed by atoms with Crippen molar-refractivity contribution < 1.29 is 0 Å². The van der Waals surface area contributed by atoms with Crippen LogP contribution in [-0.4, -0.2) is 29.2 Å². The molecule has 2 aliphatic carbocycles. The zero-order valence-electron chi connectivity index (χ0n) is 18.2. The monoisotopic (exact) mass is 452 g/mol. The Bertz CT molecular complexity index is 1250. The average Bonchev–Trinajstić information content (AvgIpc) is 3.51. The third kappa shape index (κ3) is 4.44. The molecule has 2 fully saturated rings. The fourth-order valence-electron chi connectivity index (χ4n) is 5.05. The smallest absolute Gasteiger partial charge is 0.272 e. The Morgan fingerprint density at radius 2 is 1.47 bits per heavy atom. The zero-order valence-corrected chi connectivity index (χ0v) is 19.0. The van der Waals surface area contributed by atoms with E-state index in [4.69, 9.17) is 11.6 Å². The van der Waals surface area contributed by atoms with Crippen LogP contribution in [0.3, 0.4) is 0 Å². The van der Waals surface area contributed by atoms with E-state index in [0.717, 1.165) is 22.7 Å². The SMILES string of the molecule is Clc1cc(C2CCCCC2)nc2ccnn12.O=c1cc(C2CCCCC2)nc2cc[nH]n12. The maximum atomic E-state index is 11.8. The Morgan fingerprint density at radius 1 is 0.844 bits per heavy atom. The van der Waals surface area contributed by atoms with Crippen LogP contribution in [0.2, 0.25) is 5.15 Å². The lowest BCUT2D eigenvalue weighted by Crippen LogP contribution is -2.17. The molecular formula is C24H29ClN6O. The molecular weight excluding hydrogens is 424 g/mol. The lowest BCUT2D eigenvalue weighted by Gasteiger charge is -2.21. The standard InChI is InChI=1S/C12H14ClN3.C12H15N3O/c13-11-8-10(9-4-2-1-3-5-9)15-12-6-7-14-16(11)12;16-12-8-10(9-4-2-1-3-5-9)14-11-6-7-13-15(11)12/h6-9H,1-5H2;6-9,13H,1-5H2. The Morgan fingerprint density at radius 3 is 2.16 bits per heavy atom. The minimum Gasteiger partial charge on any atom is -0.297 e. The topological polar surface area (TPSA) is 80.3 Å². The van der Waals surface area contributed by atoms with Crippen molar-refractivity contribution >= 4 is 22.9 Å². The van der Waals surface area contributed by atoms with E-state index in [2.05, 4.69) is 20.2 Å². The number of nitrogens with zero attached hydrogens (tertiary/aromatic N) is 5. The van der Waals surface area contributed by atoms with Crippen LogP contribution in [0.4, 0.5) is 0 Å². The van der Waals surface area contributed by atoms with E-state index < -0.39 is 0 Å². The summed E-state index contributed by atoms with van der Waals surface area (Å²) in [5, 5.41) is 7.65. The lowest BCUT2D eigenvalue weighted by atomic mass is 9.87.